The Labute approximate surface area is 271 Å². The molecule has 2 atom stereocenters. The number of rotatable bonds is 7. The number of nitrogens with zero attached hydrogens (tertiary/aromatic N) is 9. The van der Waals surface area contributed by atoms with Crippen molar-refractivity contribution in [3.63, 3.8) is 0 Å². The highest BCUT2D eigenvalue weighted by atomic mass is 35.5. The van der Waals surface area contributed by atoms with Crippen molar-refractivity contribution in [3.8, 4) is 11.5 Å². The van der Waals surface area contributed by atoms with Crippen molar-refractivity contribution < 1.29 is 9.53 Å². The van der Waals surface area contributed by atoms with Crippen molar-refractivity contribution in [2.45, 2.75) is 45.0 Å². The molecular weight excluding hydrogens is 615 g/mol. The maximum atomic E-state index is 12.9. The number of piperazine rings is 1. The van der Waals surface area contributed by atoms with Crippen LogP contribution in [0.4, 0.5) is 10.6 Å². The molecular formula is C31H34Cl2N10O2. The molecule has 2 N–H and O–H groups in total. The number of hydrogen-bond donors (Lipinski definition) is 1. The van der Waals surface area contributed by atoms with Gasteiger partial charge in [-0.25, -0.2) is 24.4 Å². The summed E-state index contributed by atoms with van der Waals surface area (Å²) in [6.45, 7) is 8.10. The molecule has 0 radical (unpaired) electrons. The lowest BCUT2D eigenvalue weighted by Crippen LogP contribution is -2.52. The first-order valence-electron chi connectivity index (χ1n) is 14.6. The number of fused-ring (bicyclic) bond motifs is 1. The van der Waals surface area contributed by atoms with Crippen LogP contribution in [0.5, 0.6) is 0 Å². The quantitative estimate of drug-likeness (QED) is 0.253. The molecule has 14 heteroatoms. The van der Waals surface area contributed by atoms with Crippen molar-refractivity contribution in [2.24, 2.45) is 0 Å². The number of amides is 1. The highest BCUT2D eigenvalue weighted by Crippen LogP contribution is 2.42. The van der Waals surface area contributed by atoms with Crippen molar-refractivity contribution in [1.82, 2.24) is 44.3 Å². The van der Waals surface area contributed by atoms with E-state index in [0.29, 0.717) is 65.8 Å². The van der Waals surface area contributed by atoms with Crippen LogP contribution in [-0.4, -0.2) is 82.2 Å². The van der Waals surface area contributed by atoms with Gasteiger partial charge < -0.3 is 19.9 Å². The summed E-state index contributed by atoms with van der Waals surface area (Å²) >= 11 is 13.8. The van der Waals surface area contributed by atoms with Crippen LogP contribution in [0.15, 0.2) is 67.4 Å². The van der Waals surface area contributed by atoms with Crippen LogP contribution in [0, 0.1) is 0 Å². The maximum absolute atomic E-state index is 12.9. The van der Waals surface area contributed by atoms with Gasteiger partial charge in [-0.15, -0.1) is 5.10 Å². The molecule has 0 saturated carbocycles. The maximum Gasteiger partial charge on any atom is 0.410 e. The van der Waals surface area contributed by atoms with Crippen LogP contribution in [0.25, 0.3) is 11.5 Å². The Bertz CT molecular complexity index is 1760. The Morgan fingerprint density at radius 3 is 2.22 bits per heavy atom. The van der Waals surface area contributed by atoms with Gasteiger partial charge in [0, 0.05) is 36.2 Å². The van der Waals surface area contributed by atoms with Crippen LogP contribution in [0.1, 0.15) is 49.7 Å². The topological polar surface area (TPSA) is 133 Å². The fourth-order valence-corrected chi connectivity index (χ4v) is 6.17. The third-order valence-electron chi connectivity index (χ3n) is 7.71. The third-order valence-corrected chi connectivity index (χ3v) is 8.40. The van der Waals surface area contributed by atoms with Crippen LogP contribution in [-0.2, 0) is 11.3 Å². The van der Waals surface area contributed by atoms with E-state index in [1.807, 2.05) is 84.7 Å². The number of ether oxygens (including phenoxy) is 1. The van der Waals surface area contributed by atoms with Gasteiger partial charge in [-0.05, 0) is 44.0 Å². The minimum atomic E-state index is -0.573. The Morgan fingerprint density at radius 2 is 1.58 bits per heavy atom. The smallest absolute Gasteiger partial charge is 0.410 e. The average Bonchev–Trinajstić information content (AvgIpc) is 3.69. The highest BCUT2D eigenvalue weighted by Gasteiger charge is 2.38. The van der Waals surface area contributed by atoms with E-state index in [-0.39, 0.29) is 12.1 Å². The third kappa shape index (κ3) is 6.58. The summed E-state index contributed by atoms with van der Waals surface area (Å²) in [4.78, 5) is 29.8. The van der Waals surface area contributed by atoms with Crippen LogP contribution >= 0.6 is 23.2 Å². The average molecular weight is 650 g/mol. The van der Waals surface area contributed by atoms with Crippen LogP contribution in [0.2, 0.25) is 10.0 Å². The summed E-state index contributed by atoms with van der Waals surface area (Å²) in [6.07, 6.45) is 4.66. The molecule has 3 aromatic rings. The van der Waals surface area contributed by atoms with E-state index in [4.69, 9.17) is 33.7 Å². The summed E-state index contributed by atoms with van der Waals surface area (Å²) in [6, 6.07) is 14.8. The first-order chi connectivity index (χ1) is 21.6. The molecule has 1 aromatic heterocycles. The van der Waals surface area contributed by atoms with Crippen molar-refractivity contribution in [1.29, 1.82) is 0 Å². The Kier molecular flexibility index (Phi) is 8.63. The Balaban J connectivity index is 1.37. The molecule has 234 valence electrons. The number of nitrogens with two attached hydrogens (primary N) is 1. The fraction of sp³-hybridized carbons (Fsp3) is 0.355. The molecule has 0 spiro atoms. The number of benzene rings is 2. The Morgan fingerprint density at radius 1 is 0.933 bits per heavy atom. The van der Waals surface area contributed by atoms with E-state index in [1.54, 1.807) is 11.2 Å². The molecule has 1 saturated heterocycles. The summed E-state index contributed by atoms with van der Waals surface area (Å²) < 4.78 is 9.31. The van der Waals surface area contributed by atoms with Crippen LogP contribution in [0.3, 0.4) is 0 Å². The minimum Gasteiger partial charge on any atom is -0.444 e. The van der Waals surface area contributed by atoms with Crippen LogP contribution < -0.4 is 5.73 Å². The van der Waals surface area contributed by atoms with Gasteiger partial charge in [-0.3, -0.25) is 4.90 Å². The molecule has 45 heavy (non-hydrogen) atoms. The molecule has 0 aliphatic carbocycles. The molecule has 12 nitrogen and oxygen atoms in total. The van der Waals surface area contributed by atoms with Gasteiger partial charge in [-0.1, -0.05) is 64.8 Å². The molecule has 0 bridgehead atoms. The highest BCUT2D eigenvalue weighted by molar-refractivity contribution is 6.31. The number of aromatic nitrogens is 7. The first kappa shape index (κ1) is 30.8. The van der Waals surface area contributed by atoms with Gasteiger partial charge in [-0.2, -0.15) is 0 Å². The zero-order chi connectivity index (χ0) is 31.7. The lowest BCUT2D eigenvalue weighted by molar-refractivity contribution is 0.00757. The van der Waals surface area contributed by atoms with E-state index < -0.39 is 11.6 Å². The number of anilines is 1. The number of imidazole rings is 1. The summed E-state index contributed by atoms with van der Waals surface area (Å²) in [5.41, 5.74) is 8.41. The van der Waals surface area contributed by atoms with Gasteiger partial charge in [0.1, 0.15) is 23.3 Å². The predicted molar refractivity (Wildman–Crippen MR) is 171 cm³/mol. The lowest BCUT2D eigenvalue weighted by atomic mass is 9.91. The first-order valence-corrected chi connectivity index (χ1v) is 15.4. The SMILES string of the molecule is CC(C)(C)OC(=O)N1CCN([C@H](c2ccccc2Cl)[C@H](c2ccccc2Cl)n2cc(Cn3cnc(N)c4ncnc3-4)nn2)CC1. The standard InChI is InChI=1S/C31H34Cl2N10O2/c1-31(2,3)45-30(44)41-14-12-40(13-15-41)26(21-8-4-6-10-23(21)32)27(22-9-5-7-11-24(22)33)43-17-20(38-39-43)16-42-19-37-28(34)25-29(42)36-18-35-25/h4-11,17-19,26-27H,12-16,34H2,1-3H3/t26-,27+/m1/s1. The monoisotopic (exact) mass is 648 g/mol. The van der Waals surface area contributed by atoms with Gasteiger partial charge in [0.2, 0.25) is 0 Å². The second-order valence-corrected chi connectivity index (χ2v) is 12.7. The molecule has 6 rings (SSSR count). The fourth-order valence-electron chi connectivity index (χ4n) is 5.67. The normalized spacial score (nSPS) is 15.7. The van der Waals surface area contributed by atoms with Crippen molar-refractivity contribution in [2.75, 3.05) is 31.9 Å². The van der Waals surface area contributed by atoms with Crippen molar-refractivity contribution >= 4 is 35.1 Å². The number of hydrogen-bond acceptors (Lipinski definition) is 9. The van der Waals surface area contributed by atoms with E-state index in [0.717, 1.165) is 11.1 Å². The molecule has 3 aliphatic rings. The van der Waals surface area contributed by atoms with Gasteiger partial charge in [0.25, 0.3) is 0 Å². The zero-order valence-electron chi connectivity index (χ0n) is 25.2. The van der Waals surface area contributed by atoms with Crippen molar-refractivity contribution in [3.05, 3.63) is 94.2 Å². The molecule has 3 aliphatic heterocycles. The second kappa shape index (κ2) is 12.6. The summed E-state index contributed by atoms with van der Waals surface area (Å²) in [7, 11) is 0. The van der Waals surface area contributed by atoms with Gasteiger partial charge in [0.05, 0.1) is 31.2 Å². The molecule has 1 amide bonds. The molecule has 2 aromatic carbocycles. The van der Waals surface area contributed by atoms with Gasteiger partial charge in [0.15, 0.2) is 11.6 Å². The minimum absolute atomic E-state index is 0.299. The van der Waals surface area contributed by atoms with E-state index in [9.17, 15) is 4.79 Å². The number of carbonyl (C=O) groups is 1. The molecule has 1 fully saturated rings. The zero-order valence-corrected chi connectivity index (χ0v) is 26.7. The van der Waals surface area contributed by atoms with E-state index >= 15 is 0 Å². The number of carbonyl (C=O) groups excluding carboxylic acids is 1. The van der Waals surface area contributed by atoms with E-state index in [1.165, 1.54) is 6.33 Å². The van der Waals surface area contributed by atoms with E-state index in [2.05, 4.69) is 30.2 Å². The number of halogens is 2. The summed E-state index contributed by atoms with van der Waals surface area (Å²) in [5, 5.41) is 10.4. The lowest BCUT2D eigenvalue weighted by Gasteiger charge is -2.43. The largest absolute Gasteiger partial charge is 0.444 e. The molecule has 4 heterocycles. The summed E-state index contributed by atoms with van der Waals surface area (Å²) in [5.74, 6) is 0.923. The number of nitrogen functional groups attached to an aromatic ring is 1. The Hall–Kier alpha value is -4.26. The molecule has 0 unspecified atom stereocenters. The second-order valence-electron chi connectivity index (χ2n) is 11.9. The predicted octanol–water partition coefficient (Wildman–Crippen LogP) is 5.19. The van der Waals surface area contributed by atoms with Gasteiger partial charge >= 0.3 is 6.09 Å².